The topological polar surface area (TPSA) is 26.3 Å². The van der Waals surface area contributed by atoms with Gasteiger partial charge in [-0.1, -0.05) is 19.1 Å². The molecule has 0 saturated carbocycles. The van der Waals surface area contributed by atoms with Crippen molar-refractivity contribution in [2.75, 3.05) is 7.11 Å². The van der Waals surface area contributed by atoms with E-state index in [0.29, 0.717) is 6.42 Å². The van der Waals surface area contributed by atoms with Gasteiger partial charge in [0, 0.05) is 6.42 Å². The minimum atomic E-state index is 0.276. The molecule has 0 N–H and O–H groups in total. The summed E-state index contributed by atoms with van der Waals surface area (Å²) in [6.07, 6.45) is 2.50. The third kappa shape index (κ3) is 2.82. The third-order valence-electron chi connectivity index (χ3n) is 2.70. The normalized spacial score (nSPS) is 12.2. The van der Waals surface area contributed by atoms with E-state index in [1.807, 2.05) is 13.0 Å². The van der Waals surface area contributed by atoms with Gasteiger partial charge in [0.2, 0.25) is 0 Å². The summed E-state index contributed by atoms with van der Waals surface area (Å²) in [7, 11) is 1.67. The Hall–Kier alpha value is -1.31. The molecule has 1 aromatic carbocycles. The Bertz CT molecular complexity index is 331. The molecule has 0 radical (unpaired) electrons. The number of carbonyl (C=O) groups is 1. The van der Waals surface area contributed by atoms with Crippen molar-refractivity contribution in [3.8, 4) is 5.75 Å². The summed E-state index contributed by atoms with van der Waals surface area (Å²) in [6, 6.07) is 6.14. The minimum absolute atomic E-state index is 0.276. The molecule has 0 amide bonds. The van der Waals surface area contributed by atoms with Crippen LogP contribution in [0.1, 0.15) is 36.8 Å². The van der Waals surface area contributed by atoms with Crippen LogP contribution in [0.25, 0.3) is 0 Å². The smallest absolute Gasteiger partial charge is 0.122 e. The highest BCUT2D eigenvalue weighted by molar-refractivity contribution is 5.53. The van der Waals surface area contributed by atoms with E-state index in [-0.39, 0.29) is 5.92 Å². The van der Waals surface area contributed by atoms with Crippen molar-refractivity contribution < 1.29 is 9.53 Å². The van der Waals surface area contributed by atoms with Gasteiger partial charge in [0.05, 0.1) is 7.11 Å². The molecule has 2 heteroatoms. The summed E-state index contributed by atoms with van der Waals surface area (Å²) in [4.78, 5) is 10.6. The molecule has 1 unspecified atom stereocenters. The molecule has 0 spiro atoms. The fourth-order valence-electron chi connectivity index (χ4n) is 1.79. The van der Waals surface area contributed by atoms with Crippen LogP contribution >= 0.6 is 0 Å². The lowest BCUT2D eigenvalue weighted by Crippen LogP contribution is -2.01. The van der Waals surface area contributed by atoms with E-state index in [1.165, 1.54) is 5.56 Å². The van der Waals surface area contributed by atoms with E-state index < -0.39 is 0 Å². The van der Waals surface area contributed by atoms with E-state index in [4.69, 9.17) is 4.74 Å². The molecule has 1 rings (SSSR count). The second-order valence-corrected chi connectivity index (χ2v) is 3.75. The number of methoxy groups -OCH3 is 1. The van der Waals surface area contributed by atoms with Gasteiger partial charge < -0.3 is 9.53 Å². The molecule has 82 valence electrons. The first-order valence-corrected chi connectivity index (χ1v) is 5.31. The van der Waals surface area contributed by atoms with Crippen molar-refractivity contribution in [3.63, 3.8) is 0 Å². The highest BCUT2D eigenvalue weighted by atomic mass is 16.5. The zero-order valence-electron chi connectivity index (χ0n) is 9.62. The van der Waals surface area contributed by atoms with Crippen molar-refractivity contribution in [1.82, 2.24) is 0 Å². The lowest BCUT2D eigenvalue weighted by molar-refractivity contribution is -0.108. The van der Waals surface area contributed by atoms with Crippen LogP contribution < -0.4 is 4.74 Å². The standard InChI is InChI=1S/C13H18O2/c1-4-11(7-8-14)12-6-5-10(2)9-13(12)15-3/h5-6,8-9,11H,4,7H2,1-3H3. The highest BCUT2D eigenvalue weighted by Gasteiger charge is 2.13. The average Bonchev–Trinajstić information content (AvgIpc) is 2.26. The lowest BCUT2D eigenvalue weighted by Gasteiger charge is -2.16. The maximum atomic E-state index is 10.6. The van der Waals surface area contributed by atoms with Gasteiger partial charge in [-0.05, 0) is 36.5 Å². The molecule has 0 aliphatic rings. The molecule has 1 atom stereocenters. The van der Waals surface area contributed by atoms with Gasteiger partial charge in [0.15, 0.2) is 0 Å². The first kappa shape index (κ1) is 11.8. The molecular weight excluding hydrogens is 188 g/mol. The second-order valence-electron chi connectivity index (χ2n) is 3.75. The summed E-state index contributed by atoms with van der Waals surface area (Å²) >= 11 is 0. The molecule has 2 nitrogen and oxygen atoms in total. The van der Waals surface area contributed by atoms with Crippen LogP contribution in [0.5, 0.6) is 5.75 Å². The summed E-state index contributed by atoms with van der Waals surface area (Å²) in [5, 5.41) is 0. The number of benzene rings is 1. The van der Waals surface area contributed by atoms with Crippen LogP contribution in [0.4, 0.5) is 0 Å². The fraction of sp³-hybridized carbons (Fsp3) is 0.462. The fourth-order valence-corrected chi connectivity index (χ4v) is 1.79. The Morgan fingerprint density at radius 2 is 2.20 bits per heavy atom. The molecule has 0 fully saturated rings. The Labute approximate surface area is 91.3 Å². The average molecular weight is 206 g/mol. The van der Waals surface area contributed by atoms with Crippen molar-refractivity contribution in [1.29, 1.82) is 0 Å². The van der Waals surface area contributed by atoms with Crippen molar-refractivity contribution in [3.05, 3.63) is 29.3 Å². The van der Waals surface area contributed by atoms with E-state index in [0.717, 1.165) is 24.0 Å². The molecule has 0 bridgehead atoms. The van der Waals surface area contributed by atoms with Gasteiger partial charge in [-0.15, -0.1) is 0 Å². The second kappa shape index (κ2) is 5.54. The number of aldehydes is 1. The van der Waals surface area contributed by atoms with Crippen LogP contribution in [0.3, 0.4) is 0 Å². The van der Waals surface area contributed by atoms with Gasteiger partial charge >= 0.3 is 0 Å². The largest absolute Gasteiger partial charge is 0.496 e. The minimum Gasteiger partial charge on any atom is -0.496 e. The maximum Gasteiger partial charge on any atom is 0.122 e. The van der Waals surface area contributed by atoms with Crippen LogP contribution in [0.2, 0.25) is 0 Å². The molecular formula is C13H18O2. The maximum absolute atomic E-state index is 10.6. The Morgan fingerprint density at radius 1 is 1.47 bits per heavy atom. The van der Waals surface area contributed by atoms with Crippen molar-refractivity contribution in [2.45, 2.75) is 32.6 Å². The van der Waals surface area contributed by atoms with Gasteiger partial charge in [0.25, 0.3) is 0 Å². The van der Waals surface area contributed by atoms with E-state index in [2.05, 4.69) is 19.1 Å². The molecule has 0 heterocycles. The summed E-state index contributed by atoms with van der Waals surface area (Å²) < 4.78 is 5.34. The van der Waals surface area contributed by atoms with Crippen LogP contribution in [-0.2, 0) is 4.79 Å². The number of carbonyl (C=O) groups excluding carboxylic acids is 1. The van der Waals surface area contributed by atoms with Gasteiger partial charge in [-0.25, -0.2) is 0 Å². The molecule has 0 aromatic heterocycles. The number of aryl methyl sites for hydroxylation is 1. The molecule has 0 aliphatic heterocycles. The number of hydrogen-bond donors (Lipinski definition) is 0. The zero-order chi connectivity index (χ0) is 11.3. The Balaban J connectivity index is 3.04. The van der Waals surface area contributed by atoms with Crippen molar-refractivity contribution >= 4 is 6.29 Å². The zero-order valence-corrected chi connectivity index (χ0v) is 9.62. The molecule has 1 aromatic rings. The molecule has 0 saturated heterocycles. The van der Waals surface area contributed by atoms with Gasteiger partial charge in [-0.3, -0.25) is 0 Å². The van der Waals surface area contributed by atoms with Gasteiger partial charge in [0.1, 0.15) is 12.0 Å². The van der Waals surface area contributed by atoms with Crippen molar-refractivity contribution in [2.24, 2.45) is 0 Å². The third-order valence-corrected chi connectivity index (χ3v) is 2.70. The quantitative estimate of drug-likeness (QED) is 0.692. The van der Waals surface area contributed by atoms with Crippen LogP contribution in [0, 0.1) is 6.92 Å². The summed E-state index contributed by atoms with van der Waals surface area (Å²) in [5.41, 5.74) is 2.31. The predicted molar refractivity (Wildman–Crippen MR) is 61.4 cm³/mol. The summed E-state index contributed by atoms with van der Waals surface area (Å²) in [5.74, 6) is 1.17. The first-order chi connectivity index (χ1) is 7.22. The number of hydrogen-bond acceptors (Lipinski definition) is 2. The SMILES string of the molecule is CCC(CC=O)c1ccc(C)cc1OC. The predicted octanol–water partition coefficient (Wildman–Crippen LogP) is 3.09. The highest BCUT2D eigenvalue weighted by Crippen LogP contribution is 2.31. The van der Waals surface area contributed by atoms with Crippen LogP contribution in [0.15, 0.2) is 18.2 Å². The molecule has 0 aliphatic carbocycles. The Kier molecular flexibility index (Phi) is 4.35. The lowest BCUT2D eigenvalue weighted by atomic mass is 9.92. The van der Waals surface area contributed by atoms with E-state index >= 15 is 0 Å². The number of rotatable bonds is 5. The number of ether oxygens (including phenoxy) is 1. The monoisotopic (exact) mass is 206 g/mol. The van der Waals surface area contributed by atoms with Gasteiger partial charge in [-0.2, -0.15) is 0 Å². The summed E-state index contributed by atoms with van der Waals surface area (Å²) in [6.45, 7) is 4.13. The first-order valence-electron chi connectivity index (χ1n) is 5.31. The molecule has 15 heavy (non-hydrogen) atoms. The van der Waals surface area contributed by atoms with E-state index in [1.54, 1.807) is 7.11 Å². The Morgan fingerprint density at radius 3 is 2.73 bits per heavy atom. The van der Waals surface area contributed by atoms with E-state index in [9.17, 15) is 4.79 Å². The van der Waals surface area contributed by atoms with Crippen LogP contribution in [-0.4, -0.2) is 13.4 Å².